The molecule has 0 bridgehead atoms. The van der Waals surface area contributed by atoms with Crippen LogP contribution in [0.3, 0.4) is 0 Å². The molecule has 2 fully saturated rings. The van der Waals surface area contributed by atoms with Crippen molar-refractivity contribution < 1.29 is 14.4 Å². The predicted molar refractivity (Wildman–Crippen MR) is 118 cm³/mol. The second kappa shape index (κ2) is 9.47. The summed E-state index contributed by atoms with van der Waals surface area (Å²) in [5.41, 5.74) is 1.04. The van der Waals surface area contributed by atoms with Crippen molar-refractivity contribution in [2.24, 2.45) is 5.92 Å². The van der Waals surface area contributed by atoms with Gasteiger partial charge in [0.15, 0.2) is 0 Å². The van der Waals surface area contributed by atoms with Crippen LogP contribution in [0.1, 0.15) is 42.5 Å². The number of halogens is 1. The van der Waals surface area contributed by atoms with Crippen molar-refractivity contribution in [2.75, 3.05) is 11.9 Å². The average Bonchev–Trinajstić information content (AvgIpc) is 3.17. The molecule has 1 aromatic heterocycles. The van der Waals surface area contributed by atoms with Gasteiger partial charge in [0.05, 0.1) is 18.4 Å². The Morgan fingerprint density at radius 1 is 1.13 bits per heavy atom. The van der Waals surface area contributed by atoms with Crippen molar-refractivity contribution >= 4 is 35.0 Å². The first-order chi connectivity index (χ1) is 15.0. The molecule has 2 heterocycles. The standard InChI is InChI=1S/C23H25ClN4O3/c24-17-7-3-6-16(11-17)23(31)28-19-9-2-1-5-15(19)12-20(28)22(30)26-14-21(29)27-18-8-4-10-25-13-18/h3-4,6-8,10-11,13,15,19-20H,1-2,5,9,12,14H2,(H,26,30)(H,27,29). The maximum absolute atomic E-state index is 13.3. The van der Waals surface area contributed by atoms with E-state index >= 15 is 0 Å². The monoisotopic (exact) mass is 440 g/mol. The summed E-state index contributed by atoms with van der Waals surface area (Å²) >= 11 is 6.08. The number of hydrogen-bond donors (Lipinski definition) is 2. The summed E-state index contributed by atoms with van der Waals surface area (Å²) in [5.74, 6) is -0.524. The SMILES string of the molecule is O=C(CNC(=O)C1CC2CCCCC2N1C(=O)c1cccc(Cl)c1)Nc1cccnc1. The Bertz CT molecular complexity index is 968. The maximum Gasteiger partial charge on any atom is 0.254 e. The smallest absolute Gasteiger partial charge is 0.254 e. The number of carbonyl (C=O) groups excluding carboxylic acids is 3. The number of amides is 3. The number of aromatic nitrogens is 1. The number of carbonyl (C=O) groups is 3. The lowest BCUT2D eigenvalue weighted by molar-refractivity contribution is -0.127. The summed E-state index contributed by atoms with van der Waals surface area (Å²) in [4.78, 5) is 44.3. The van der Waals surface area contributed by atoms with E-state index in [1.165, 1.54) is 6.20 Å². The molecule has 2 N–H and O–H groups in total. The van der Waals surface area contributed by atoms with Crippen LogP contribution >= 0.6 is 11.6 Å². The highest BCUT2D eigenvalue weighted by atomic mass is 35.5. The second-order valence-corrected chi connectivity index (χ2v) is 8.53. The predicted octanol–water partition coefficient (Wildman–Crippen LogP) is 3.26. The molecule has 2 aromatic rings. The van der Waals surface area contributed by atoms with Gasteiger partial charge in [0.1, 0.15) is 6.04 Å². The molecule has 4 rings (SSSR count). The van der Waals surface area contributed by atoms with Crippen LogP contribution in [0.15, 0.2) is 48.8 Å². The molecule has 3 atom stereocenters. The number of nitrogens with one attached hydrogen (secondary N) is 2. The van der Waals surface area contributed by atoms with Gasteiger partial charge in [-0.05, 0) is 55.5 Å². The van der Waals surface area contributed by atoms with E-state index in [1.54, 1.807) is 47.5 Å². The number of anilines is 1. The van der Waals surface area contributed by atoms with Crippen LogP contribution in [0.2, 0.25) is 5.02 Å². The second-order valence-electron chi connectivity index (χ2n) is 8.09. The molecule has 31 heavy (non-hydrogen) atoms. The van der Waals surface area contributed by atoms with Crippen molar-refractivity contribution in [3.63, 3.8) is 0 Å². The summed E-state index contributed by atoms with van der Waals surface area (Å²) in [6, 6.07) is 9.70. The number of fused-ring (bicyclic) bond motifs is 1. The normalized spacial score (nSPS) is 22.5. The first kappa shape index (κ1) is 21.3. The lowest BCUT2D eigenvalue weighted by Crippen LogP contribution is -2.50. The van der Waals surface area contributed by atoms with Gasteiger partial charge in [0.2, 0.25) is 11.8 Å². The number of benzene rings is 1. The highest BCUT2D eigenvalue weighted by Gasteiger charge is 2.47. The number of likely N-dealkylation sites (tertiary alicyclic amines) is 1. The topological polar surface area (TPSA) is 91.4 Å². The van der Waals surface area contributed by atoms with Gasteiger partial charge >= 0.3 is 0 Å². The van der Waals surface area contributed by atoms with Crippen molar-refractivity contribution in [1.82, 2.24) is 15.2 Å². The fourth-order valence-corrected chi connectivity index (χ4v) is 4.87. The molecule has 3 unspecified atom stereocenters. The molecule has 0 radical (unpaired) electrons. The van der Waals surface area contributed by atoms with E-state index in [2.05, 4.69) is 15.6 Å². The van der Waals surface area contributed by atoms with Gasteiger partial charge in [-0.2, -0.15) is 0 Å². The summed E-state index contributed by atoms with van der Waals surface area (Å²) in [6.45, 7) is -0.168. The Kier molecular flexibility index (Phi) is 6.51. The van der Waals surface area contributed by atoms with Crippen molar-refractivity contribution in [1.29, 1.82) is 0 Å². The zero-order chi connectivity index (χ0) is 21.8. The number of rotatable bonds is 5. The van der Waals surface area contributed by atoms with E-state index in [0.717, 1.165) is 25.7 Å². The molecule has 1 aliphatic heterocycles. The van der Waals surface area contributed by atoms with Gasteiger partial charge in [-0.25, -0.2) is 0 Å². The average molecular weight is 441 g/mol. The van der Waals surface area contributed by atoms with E-state index < -0.39 is 6.04 Å². The van der Waals surface area contributed by atoms with Crippen LogP contribution in [0.5, 0.6) is 0 Å². The lowest BCUT2D eigenvalue weighted by atomic mass is 9.84. The van der Waals surface area contributed by atoms with Crippen molar-refractivity contribution in [2.45, 2.75) is 44.2 Å². The van der Waals surface area contributed by atoms with Crippen LogP contribution in [0, 0.1) is 5.92 Å². The zero-order valence-corrected chi connectivity index (χ0v) is 17.8. The molecule has 7 nitrogen and oxygen atoms in total. The van der Waals surface area contributed by atoms with Gasteiger partial charge in [-0.3, -0.25) is 19.4 Å². The fourth-order valence-electron chi connectivity index (χ4n) is 4.68. The van der Waals surface area contributed by atoms with E-state index in [0.29, 0.717) is 28.6 Å². The van der Waals surface area contributed by atoms with E-state index in [4.69, 9.17) is 11.6 Å². The van der Waals surface area contributed by atoms with Gasteiger partial charge in [-0.1, -0.05) is 30.5 Å². The van der Waals surface area contributed by atoms with E-state index in [-0.39, 0.29) is 30.3 Å². The minimum Gasteiger partial charge on any atom is -0.345 e. The number of nitrogens with zero attached hydrogens (tertiary/aromatic N) is 2. The first-order valence-electron chi connectivity index (χ1n) is 10.6. The van der Waals surface area contributed by atoms with E-state index in [1.807, 2.05) is 0 Å². The minimum atomic E-state index is -0.592. The quantitative estimate of drug-likeness (QED) is 0.746. The number of pyridine rings is 1. The molecule has 1 saturated carbocycles. The first-order valence-corrected chi connectivity index (χ1v) is 11.0. The third kappa shape index (κ3) is 4.88. The highest BCUT2D eigenvalue weighted by molar-refractivity contribution is 6.31. The molecule has 0 spiro atoms. The summed E-state index contributed by atoms with van der Waals surface area (Å²) < 4.78 is 0. The van der Waals surface area contributed by atoms with Crippen LogP contribution in [0.4, 0.5) is 5.69 Å². The zero-order valence-electron chi connectivity index (χ0n) is 17.1. The Hall–Kier alpha value is -2.93. The molecule has 3 amide bonds. The molecule has 8 heteroatoms. The van der Waals surface area contributed by atoms with Gasteiger partial charge in [0.25, 0.3) is 5.91 Å². The Labute approximate surface area is 186 Å². The summed E-state index contributed by atoms with van der Waals surface area (Å²) in [6.07, 6.45) is 7.82. The molecule has 162 valence electrons. The molecule has 1 aromatic carbocycles. The van der Waals surface area contributed by atoms with Crippen LogP contribution < -0.4 is 10.6 Å². The Morgan fingerprint density at radius 2 is 1.97 bits per heavy atom. The van der Waals surface area contributed by atoms with Gasteiger partial charge in [-0.15, -0.1) is 0 Å². The molecule has 1 saturated heterocycles. The third-order valence-corrected chi connectivity index (χ3v) is 6.30. The van der Waals surface area contributed by atoms with Crippen molar-refractivity contribution in [3.8, 4) is 0 Å². The third-order valence-electron chi connectivity index (χ3n) is 6.07. The van der Waals surface area contributed by atoms with Crippen molar-refractivity contribution in [3.05, 3.63) is 59.4 Å². The maximum atomic E-state index is 13.3. The van der Waals surface area contributed by atoms with Gasteiger partial charge < -0.3 is 15.5 Å². The molecule has 2 aliphatic rings. The molecular weight excluding hydrogens is 416 g/mol. The molecule has 1 aliphatic carbocycles. The Morgan fingerprint density at radius 3 is 2.74 bits per heavy atom. The minimum absolute atomic E-state index is 0.0419. The lowest BCUT2D eigenvalue weighted by Gasteiger charge is -2.33. The fraction of sp³-hybridized carbons (Fsp3) is 0.391. The number of hydrogen-bond acceptors (Lipinski definition) is 4. The van der Waals surface area contributed by atoms with Gasteiger partial charge in [0, 0.05) is 22.8 Å². The largest absolute Gasteiger partial charge is 0.345 e. The van der Waals surface area contributed by atoms with Crippen LogP contribution in [-0.4, -0.2) is 46.2 Å². The Balaban J connectivity index is 1.46. The van der Waals surface area contributed by atoms with Crippen LogP contribution in [-0.2, 0) is 9.59 Å². The van der Waals surface area contributed by atoms with E-state index in [9.17, 15) is 14.4 Å². The summed E-state index contributed by atoms with van der Waals surface area (Å²) in [7, 11) is 0. The molecular formula is C23H25ClN4O3. The summed E-state index contributed by atoms with van der Waals surface area (Å²) in [5, 5.41) is 5.89. The highest BCUT2D eigenvalue weighted by Crippen LogP contribution is 2.40. The van der Waals surface area contributed by atoms with Crippen LogP contribution in [0.25, 0.3) is 0 Å².